The van der Waals surface area contributed by atoms with E-state index < -0.39 is 0 Å². The molecule has 0 aliphatic heterocycles. The number of rotatable bonds is 14. The maximum atomic E-state index is 6.13. The quantitative estimate of drug-likeness (QED) is 0.377. The fourth-order valence-corrected chi connectivity index (χ4v) is 3.78. The summed E-state index contributed by atoms with van der Waals surface area (Å²) >= 11 is 0. The molecule has 0 amide bonds. The molecule has 0 spiro atoms. The molecule has 1 aliphatic carbocycles. The third kappa shape index (κ3) is 9.01. The van der Waals surface area contributed by atoms with Gasteiger partial charge in [0.25, 0.3) is 0 Å². The average Bonchev–Trinajstić information content (AvgIpc) is 2.71. The Morgan fingerprint density at radius 3 is 2.30 bits per heavy atom. The molecule has 1 aliphatic rings. The SMILES string of the molecule is CCCCCOc1ccc(CNCC2CCCCC2)c(OCCCCC)c1. The lowest BCUT2D eigenvalue weighted by molar-refractivity contribution is 0.288. The monoisotopic (exact) mass is 375 g/mol. The Kier molecular flexibility index (Phi) is 11.3. The van der Waals surface area contributed by atoms with Gasteiger partial charge in [-0.3, -0.25) is 0 Å². The van der Waals surface area contributed by atoms with E-state index in [2.05, 4.69) is 37.4 Å². The molecule has 27 heavy (non-hydrogen) atoms. The summed E-state index contributed by atoms with van der Waals surface area (Å²) in [5, 5.41) is 3.67. The van der Waals surface area contributed by atoms with Crippen LogP contribution in [-0.4, -0.2) is 19.8 Å². The molecular formula is C24H41NO2. The molecule has 1 N–H and O–H groups in total. The van der Waals surface area contributed by atoms with E-state index in [1.165, 1.54) is 63.4 Å². The van der Waals surface area contributed by atoms with Gasteiger partial charge in [0.15, 0.2) is 0 Å². The van der Waals surface area contributed by atoms with Crippen LogP contribution in [0, 0.1) is 5.92 Å². The van der Waals surface area contributed by atoms with Crippen molar-refractivity contribution < 1.29 is 9.47 Å². The molecule has 0 radical (unpaired) electrons. The van der Waals surface area contributed by atoms with Crippen molar-refractivity contribution in [2.45, 2.75) is 91.0 Å². The highest BCUT2D eigenvalue weighted by molar-refractivity contribution is 5.40. The number of nitrogens with one attached hydrogen (secondary N) is 1. The minimum absolute atomic E-state index is 0.794. The first kappa shape index (κ1) is 22.1. The molecule has 0 saturated heterocycles. The van der Waals surface area contributed by atoms with Crippen LogP contribution in [0.4, 0.5) is 0 Å². The van der Waals surface area contributed by atoms with E-state index in [1.807, 2.05) is 0 Å². The Hall–Kier alpha value is -1.22. The molecule has 1 fully saturated rings. The minimum Gasteiger partial charge on any atom is -0.493 e. The van der Waals surface area contributed by atoms with Gasteiger partial charge in [-0.15, -0.1) is 0 Å². The van der Waals surface area contributed by atoms with Crippen molar-refractivity contribution in [1.82, 2.24) is 5.32 Å². The smallest absolute Gasteiger partial charge is 0.127 e. The third-order valence-corrected chi connectivity index (χ3v) is 5.53. The third-order valence-electron chi connectivity index (χ3n) is 5.53. The molecule has 154 valence electrons. The van der Waals surface area contributed by atoms with E-state index in [0.29, 0.717) is 0 Å². The summed E-state index contributed by atoms with van der Waals surface area (Å²) in [6, 6.07) is 6.37. The van der Waals surface area contributed by atoms with Crippen molar-refractivity contribution in [3.8, 4) is 11.5 Å². The maximum absolute atomic E-state index is 6.13. The van der Waals surface area contributed by atoms with E-state index >= 15 is 0 Å². The van der Waals surface area contributed by atoms with Crippen molar-refractivity contribution in [3.63, 3.8) is 0 Å². The molecule has 0 bridgehead atoms. The molecule has 0 heterocycles. The largest absolute Gasteiger partial charge is 0.493 e. The zero-order valence-corrected chi connectivity index (χ0v) is 17.7. The van der Waals surface area contributed by atoms with Crippen LogP contribution in [0.3, 0.4) is 0 Å². The molecule has 0 unspecified atom stereocenters. The normalized spacial score (nSPS) is 15.0. The summed E-state index contributed by atoms with van der Waals surface area (Å²) in [7, 11) is 0. The lowest BCUT2D eigenvalue weighted by atomic mass is 9.89. The van der Waals surface area contributed by atoms with Crippen LogP contribution in [0.25, 0.3) is 0 Å². The average molecular weight is 376 g/mol. The number of unbranched alkanes of at least 4 members (excludes halogenated alkanes) is 4. The topological polar surface area (TPSA) is 30.5 Å². The van der Waals surface area contributed by atoms with E-state index in [1.54, 1.807) is 0 Å². The van der Waals surface area contributed by atoms with Gasteiger partial charge in [-0.05, 0) is 44.2 Å². The van der Waals surface area contributed by atoms with Crippen LogP contribution in [0.5, 0.6) is 11.5 Å². The van der Waals surface area contributed by atoms with Crippen molar-refractivity contribution in [2.24, 2.45) is 5.92 Å². The summed E-state index contributed by atoms with van der Waals surface area (Å²) < 4.78 is 12.1. The second kappa shape index (κ2) is 13.9. The summed E-state index contributed by atoms with van der Waals surface area (Å²) in [6.45, 7) is 8.05. The van der Waals surface area contributed by atoms with Crippen molar-refractivity contribution in [3.05, 3.63) is 23.8 Å². The van der Waals surface area contributed by atoms with Crippen molar-refractivity contribution in [1.29, 1.82) is 0 Å². The molecule has 1 aromatic carbocycles. The van der Waals surface area contributed by atoms with Crippen LogP contribution in [0.15, 0.2) is 18.2 Å². The standard InChI is InChI=1S/C24H41NO2/c1-3-5-10-16-26-23-15-14-22(24(18-23)27-17-11-6-4-2)20-25-19-21-12-8-7-9-13-21/h14-15,18,21,25H,3-13,16-17,19-20H2,1-2H3. The van der Waals surface area contributed by atoms with Crippen molar-refractivity contribution in [2.75, 3.05) is 19.8 Å². The zero-order chi connectivity index (χ0) is 19.2. The fraction of sp³-hybridized carbons (Fsp3) is 0.750. The van der Waals surface area contributed by atoms with Gasteiger partial charge < -0.3 is 14.8 Å². The van der Waals surface area contributed by atoms with Crippen LogP contribution in [0.2, 0.25) is 0 Å². The molecule has 3 heteroatoms. The highest BCUT2D eigenvalue weighted by atomic mass is 16.5. The van der Waals surface area contributed by atoms with Gasteiger partial charge in [-0.25, -0.2) is 0 Å². The molecule has 1 aromatic rings. The fourth-order valence-electron chi connectivity index (χ4n) is 3.78. The Morgan fingerprint density at radius 2 is 1.59 bits per heavy atom. The molecule has 3 nitrogen and oxygen atoms in total. The molecule has 2 rings (SSSR count). The highest BCUT2D eigenvalue weighted by Gasteiger charge is 2.13. The second-order valence-corrected chi connectivity index (χ2v) is 8.02. The van der Waals surface area contributed by atoms with Crippen LogP contribution in [0.1, 0.15) is 90.0 Å². The lowest BCUT2D eigenvalue weighted by Crippen LogP contribution is -2.24. The minimum atomic E-state index is 0.794. The first-order valence-corrected chi connectivity index (χ1v) is 11.4. The maximum Gasteiger partial charge on any atom is 0.127 e. The van der Waals surface area contributed by atoms with Gasteiger partial charge in [-0.2, -0.15) is 0 Å². The Morgan fingerprint density at radius 1 is 0.889 bits per heavy atom. The summed E-state index contributed by atoms with van der Waals surface area (Å²) in [5.41, 5.74) is 1.25. The first-order valence-electron chi connectivity index (χ1n) is 11.4. The van der Waals surface area contributed by atoms with Gasteiger partial charge in [0.05, 0.1) is 13.2 Å². The number of benzene rings is 1. The number of ether oxygens (including phenoxy) is 2. The van der Waals surface area contributed by atoms with E-state index in [-0.39, 0.29) is 0 Å². The number of hydrogen-bond acceptors (Lipinski definition) is 3. The van der Waals surface area contributed by atoms with Crippen LogP contribution >= 0.6 is 0 Å². The summed E-state index contributed by atoms with van der Waals surface area (Å²) in [4.78, 5) is 0. The summed E-state index contributed by atoms with van der Waals surface area (Å²) in [6.07, 6.45) is 14.1. The lowest BCUT2D eigenvalue weighted by Gasteiger charge is -2.22. The highest BCUT2D eigenvalue weighted by Crippen LogP contribution is 2.27. The van der Waals surface area contributed by atoms with Gasteiger partial charge in [0.1, 0.15) is 11.5 Å². The van der Waals surface area contributed by atoms with Gasteiger partial charge in [-0.1, -0.05) is 64.9 Å². The predicted molar refractivity (Wildman–Crippen MR) is 115 cm³/mol. The Balaban J connectivity index is 1.86. The molecule has 0 atom stereocenters. The van der Waals surface area contributed by atoms with Gasteiger partial charge in [0.2, 0.25) is 0 Å². The molecule has 0 aromatic heterocycles. The van der Waals surface area contributed by atoms with Crippen LogP contribution in [-0.2, 0) is 6.54 Å². The van der Waals surface area contributed by atoms with E-state index in [4.69, 9.17) is 9.47 Å². The Bertz CT molecular complexity index is 497. The second-order valence-electron chi connectivity index (χ2n) is 8.02. The van der Waals surface area contributed by atoms with E-state index in [0.717, 1.165) is 56.6 Å². The predicted octanol–water partition coefficient (Wildman–Crippen LogP) is 6.49. The molecule has 1 saturated carbocycles. The Labute approximate surface area is 167 Å². The van der Waals surface area contributed by atoms with Gasteiger partial charge >= 0.3 is 0 Å². The number of hydrogen-bond donors (Lipinski definition) is 1. The van der Waals surface area contributed by atoms with Crippen molar-refractivity contribution >= 4 is 0 Å². The van der Waals surface area contributed by atoms with Crippen LogP contribution < -0.4 is 14.8 Å². The zero-order valence-electron chi connectivity index (χ0n) is 17.7. The van der Waals surface area contributed by atoms with E-state index in [9.17, 15) is 0 Å². The first-order chi connectivity index (χ1) is 13.3. The summed E-state index contributed by atoms with van der Waals surface area (Å²) in [5.74, 6) is 2.79. The molecular weight excluding hydrogens is 334 g/mol. The van der Waals surface area contributed by atoms with Gasteiger partial charge in [0, 0.05) is 18.2 Å².